The van der Waals surface area contributed by atoms with E-state index in [2.05, 4.69) is 29.9 Å². The molecular weight excluding hydrogens is 611 g/mol. The van der Waals surface area contributed by atoms with Crippen molar-refractivity contribution in [2.45, 2.75) is 49.1 Å². The minimum Gasteiger partial charge on any atom is -0.394 e. The Balaban J connectivity index is 1.18. The van der Waals surface area contributed by atoms with Crippen LogP contribution in [0.15, 0.2) is 23.8 Å². The average molecular weight is 641 g/mol. The van der Waals surface area contributed by atoms with Crippen LogP contribution in [0.4, 0.5) is 11.8 Å². The molecule has 0 radical (unpaired) electrons. The third-order valence-corrected chi connectivity index (χ3v) is 8.75. The number of imidazole rings is 2. The fourth-order valence-electron chi connectivity index (χ4n) is 5.18. The highest BCUT2D eigenvalue weighted by atomic mass is 31.2. The normalized spacial score (nSPS) is 30.4. The molecule has 2 aliphatic rings. The maximum Gasteiger partial charge on any atom is 0.475 e. The van der Waals surface area contributed by atoms with E-state index in [1.165, 1.54) is 35.2 Å². The zero-order chi connectivity index (χ0) is 31.3. The number of nitrogens with zero attached hydrogens (tertiary/aromatic N) is 7. The molecule has 0 saturated carbocycles. The van der Waals surface area contributed by atoms with Crippen molar-refractivity contribution in [3.63, 3.8) is 0 Å². The first-order valence-electron chi connectivity index (χ1n) is 13.0. The Labute approximate surface area is 246 Å². The van der Waals surface area contributed by atoms with E-state index in [1.54, 1.807) is 0 Å². The lowest BCUT2D eigenvalue weighted by Gasteiger charge is -2.27. The van der Waals surface area contributed by atoms with Crippen molar-refractivity contribution in [3.05, 3.63) is 29.3 Å². The summed E-state index contributed by atoms with van der Waals surface area (Å²) < 4.78 is 50.0. The summed E-state index contributed by atoms with van der Waals surface area (Å²) >= 11 is 0. The summed E-state index contributed by atoms with van der Waals surface area (Å²) in [6.45, 7) is -1.14. The molecule has 0 aliphatic carbocycles. The Bertz CT molecular complexity index is 1770. The van der Waals surface area contributed by atoms with E-state index >= 15 is 0 Å². The second-order valence-electron chi connectivity index (χ2n) is 9.85. The molecule has 4 aromatic rings. The molecule has 44 heavy (non-hydrogen) atoms. The van der Waals surface area contributed by atoms with Crippen molar-refractivity contribution in [1.82, 2.24) is 39.0 Å². The Kier molecular flexibility index (Phi) is 8.09. The highest BCUT2D eigenvalue weighted by Crippen LogP contribution is 2.53. The van der Waals surface area contributed by atoms with Crippen LogP contribution in [0.25, 0.3) is 22.3 Å². The van der Waals surface area contributed by atoms with E-state index in [4.69, 9.17) is 39.2 Å². The molecule has 6 rings (SSSR count). The zero-order valence-electron chi connectivity index (χ0n) is 23.1. The number of fused-ring (bicyclic) bond motifs is 2. The summed E-state index contributed by atoms with van der Waals surface area (Å²) in [4.78, 5) is 34.8. The van der Waals surface area contributed by atoms with Gasteiger partial charge >= 0.3 is 7.82 Å². The van der Waals surface area contributed by atoms with Crippen molar-refractivity contribution < 1.29 is 47.7 Å². The van der Waals surface area contributed by atoms with Gasteiger partial charge in [-0.3, -0.25) is 32.5 Å². The molecule has 22 heteroatoms. The average Bonchev–Trinajstić information content (AvgIpc) is 3.77. The molecule has 6 heterocycles. The topological polar surface area (TPSA) is 292 Å². The Hall–Kier alpha value is -3.63. The van der Waals surface area contributed by atoms with Crippen LogP contribution in [0.3, 0.4) is 0 Å². The number of H-pyrrole nitrogens is 1. The molecule has 0 spiro atoms. The number of ether oxygens (including phenoxy) is 3. The van der Waals surface area contributed by atoms with E-state index < -0.39 is 75.7 Å². The number of methoxy groups -OCH3 is 1. The molecular formula is C22H29N10O11P. The number of aromatic amines is 1. The van der Waals surface area contributed by atoms with Crippen LogP contribution in [0, 0.1) is 0 Å². The van der Waals surface area contributed by atoms with Crippen LogP contribution in [-0.4, -0.2) is 118 Å². The molecule has 2 fully saturated rings. The SMILES string of the molecule is CO[C@@H]1[C@H](OP(=O)(OC)OC[C@H]2O[C@@H](n3cnc4c(=O)[nH]c(N)nc43)[C@H](O)[C@@H]2O)[C@@H](CO)O[C@H]1n1cnc2c(N)ncnc21. The number of aliphatic hydroxyl groups is 3. The largest absolute Gasteiger partial charge is 0.475 e. The van der Waals surface area contributed by atoms with Gasteiger partial charge in [-0.05, 0) is 0 Å². The Morgan fingerprint density at radius 2 is 1.68 bits per heavy atom. The first-order chi connectivity index (χ1) is 21.1. The second-order valence-corrected chi connectivity index (χ2v) is 11.6. The van der Waals surface area contributed by atoms with Gasteiger partial charge in [-0.2, -0.15) is 4.98 Å². The monoisotopic (exact) mass is 640 g/mol. The predicted molar refractivity (Wildman–Crippen MR) is 145 cm³/mol. The number of nitrogens with two attached hydrogens (primary N) is 2. The van der Waals surface area contributed by atoms with Gasteiger partial charge in [-0.1, -0.05) is 0 Å². The molecule has 2 aliphatic heterocycles. The summed E-state index contributed by atoms with van der Waals surface area (Å²) in [6.07, 6.45) is -5.94. The van der Waals surface area contributed by atoms with Gasteiger partial charge in [0.2, 0.25) is 5.95 Å². The number of aliphatic hydroxyl groups excluding tert-OH is 3. The van der Waals surface area contributed by atoms with Gasteiger partial charge < -0.3 is 41.0 Å². The summed E-state index contributed by atoms with van der Waals surface area (Å²) in [6, 6.07) is 0. The molecule has 0 aromatic carbocycles. The quantitative estimate of drug-likeness (QED) is 0.100. The molecule has 1 unspecified atom stereocenters. The van der Waals surface area contributed by atoms with Crippen LogP contribution >= 0.6 is 7.82 Å². The van der Waals surface area contributed by atoms with Crippen molar-refractivity contribution in [2.24, 2.45) is 0 Å². The minimum absolute atomic E-state index is 0.00576. The number of nitrogens with one attached hydrogen (secondary N) is 1. The van der Waals surface area contributed by atoms with Crippen molar-refractivity contribution >= 4 is 41.9 Å². The lowest BCUT2D eigenvalue weighted by atomic mass is 10.1. The van der Waals surface area contributed by atoms with Crippen LogP contribution in [0.2, 0.25) is 0 Å². The third kappa shape index (κ3) is 5.11. The standard InChI is InChI=1S/C22H29N10O11P/c1-38-15-14(8(3-33)41-21(15)31-6-27-10-16(23)25-5-26-17(10)31)43-44(37,39-2)40-4-9-12(34)13(35)20(42-9)32-7-28-11-18(32)29-22(24)30-19(11)36/h5-9,12-15,20-21,33-35H,3-4H2,1-2H3,(H2,23,25,26)(H3,24,29,30,36)/t8-,9-,12-,13-,14-,15-,20-,21-,44?/m1/s1. The molecule has 2 saturated heterocycles. The molecule has 0 amide bonds. The van der Waals surface area contributed by atoms with Gasteiger partial charge in [0.1, 0.15) is 48.5 Å². The summed E-state index contributed by atoms with van der Waals surface area (Å²) in [5.41, 5.74) is 11.5. The number of phosphoric acid groups is 1. The number of rotatable bonds is 10. The van der Waals surface area contributed by atoms with Gasteiger partial charge in [-0.25, -0.2) is 24.5 Å². The highest BCUT2D eigenvalue weighted by molar-refractivity contribution is 7.48. The second kappa shape index (κ2) is 11.7. The van der Waals surface area contributed by atoms with Crippen molar-refractivity contribution in [1.29, 1.82) is 0 Å². The Morgan fingerprint density at radius 3 is 2.39 bits per heavy atom. The third-order valence-electron chi connectivity index (χ3n) is 7.33. The number of hydrogen-bond donors (Lipinski definition) is 6. The molecule has 0 bridgehead atoms. The van der Waals surface area contributed by atoms with E-state index in [-0.39, 0.29) is 22.9 Å². The summed E-state index contributed by atoms with van der Waals surface area (Å²) in [5, 5.41) is 31.5. The molecule has 4 aromatic heterocycles. The maximum atomic E-state index is 13.6. The predicted octanol–water partition coefficient (Wildman–Crippen LogP) is -2.20. The highest BCUT2D eigenvalue weighted by Gasteiger charge is 2.51. The van der Waals surface area contributed by atoms with Gasteiger partial charge in [0.25, 0.3) is 5.56 Å². The van der Waals surface area contributed by atoms with Crippen LogP contribution < -0.4 is 17.0 Å². The molecule has 238 valence electrons. The first kappa shape index (κ1) is 30.4. The molecule has 21 nitrogen and oxygen atoms in total. The van der Waals surface area contributed by atoms with Crippen LogP contribution in [0.5, 0.6) is 0 Å². The zero-order valence-corrected chi connectivity index (χ0v) is 24.0. The summed E-state index contributed by atoms with van der Waals surface area (Å²) in [5.74, 6) is -0.0499. The van der Waals surface area contributed by atoms with Gasteiger partial charge in [0, 0.05) is 14.2 Å². The Morgan fingerprint density at radius 1 is 0.977 bits per heavy atom. The number of hydrogen-bond acceptors (Lipinski definition) is 18. The summed E-state index contributed by atoms with van der Waals surface area (Å²) in [7, 11) is -2.02. The van der Waals surface area contributed by atoms with Crippen LogP contribution in [0.1, 0.15) is 12.5 Å². The maximum absolute atomic E-state index is 13.6. The van der Waals surface area contributed by atoms with Gasteiger partial charge in [0.05, 0.1) is 25.9 Å². The van der Waals surface area contributed by atoms with E-state index in [0.717, 1.165) is 7.11 Å². The van der Waals surface area contributed by atoms with E-state index in [1.807, 2.05) is 0 Å². The molecule has 8 N–H and O–H groups in total. The van der Waals surface area contributed by atoms with Gasteiger partial charge in [0.15, 0.2) is 35.1 Å². The van der Waals surface area contributed by atoms with Gasteiger partial charge in [-0.15, -0.1) is 0 Å². The lowest BCUT2D eigenvalue weighted by Crippen LogP contribution is -2.37. The number of phosphoric ester groups is 1. The molecule has 9 atom stereocenters. The van der Waals surface area contributed by atoms with Crippen molar-refractivity contribution in [3.8, 4) is 0 Å². The van der Waals surface area contributed by atoms with E-state index in [9.17, 15) is 24.7 Å². The smallest absolute Gasteiger partial charge is 0.394 e. The minimum atomic E-state index is -4.45. The number of anilines is 2. The van der Waals surface area contributed by atoms with Crippen molar-refractivity contribution in [2.75, 3.05) is 38.9 Å². The lowest BCUT2D eigenvalue weighted by molar-refractivity contribution is -0.0597. The number of aromatic nitrogens is 8. The van der Waals surface area contributed by atoms with Crippen LogP contribution in [-0.2, 0) is 32.3 Å². The fourth-order valence-corrected chi connectivity index (χ4v) is 6.31. The fraction of sp³-hybridized carbons (Fsp3) is 0.545. The van der Waals surface area contributed by atoms with E-state index in [0.29, 0.717) is 11.2 Å². The number of nitrogen functional groups attached to an aromatic ring is 2. The first-order valence-corrected chi connectivity index (χ1v) is 14.5.